The van der Waals surface area contributed by atoms with Gasteiger partial charge in [-0.1, -0.05) is 42.0 Å². The number of benzene rings is 2. The lowest BCUT2D eigenvalue weighted by molar-refractivity contribution is -0.942. The number of hydrogen-bond donors (Lipinski definition) is 2. The minimum Gasteiger partial charge on any atom is -0.450 e. The predicted octanol–water partition coefficient (Wildman–Crippen LogP) is 2.89. The highest BCUT2D eigenvalue weighted by atomic mass is 19.1. The van der Waals surface area contributed by atoms with E-state index in [-0.39, 0.29) is 17.5 Å². The van der Waals surface area contributed by atoms with Gasteiger partial charge in [0.1, 0.15) is 25.5 Å². The second kappa shape index (κ2) is 10.7. The van der Waals surface area contributed by atoms with Gasteiger partial charge in [0.05, 0.1) is 6.61 Å². The van der Waals surface area contributed by atoms with Crippen molar-refractivity contribution in [3.8, 4) is 0 Å². The lowest BCUT2D eigenvalue weighted by Gasteiger charge is -2.19. The topological polar surface area (TPSA) is 55.9 Å². The molecule has 5 nitrogen and oxygen atoms in total. The highest BCUT2D eigenvalue weighted by Gasteiger charge is 2.17. The molecule has 0 spiro atoms. The summed E-state index contributed by atoms with van der Waals surface area (Å²) in [4.78, 5) is 13.3. The smallest absolute Gasteiger partial charge is 0.287 e. The lowest BCUT2D eigenvalue weighted by Crippen LogP contribution is -3.08. The van der Waals surface area contributed by atoms with Crippen molar-refractivity contribution in [2.75, 3.05) is 20.3 Å². The molecule has 0 aliphatic carbocycles. The van der Waals surface area contributed by atoms with E-state index in [9.17, 15) is 9.18 Å². The van der Waals surface area contributed by atoms with Crippen molar-refractivity contribution in [3.05, 3.63) is 94.7 Å². The Morgan fingerprint density at radius 3 is 2.53 bits per heavy atom. The van der Waals surface area contributed by atoms with Crippen LogP contribution in [0.1, 0.15) is 33.0 Å². The van der Waals surface area contributed by atoms with Crippen molar-refractivity contribution in [3.63, 3.8) is 0 Å². The first-order valence-electron chi connectivity index (χ1n) is 10.0. The molecule has 30 heavy (non-hydrogen) atoms. The molecule has 2 N–H and O–H groups in total. The average molecular weight is 411 g/mol. The van der Waals surface area contributed by atoms with E-state index in [0.717, 1.165) is 12.1 Å². The second-order valence-corrected chi connectivity index (χ2v) is 7.41. The molecular weight excluding hydrogens is 383 g/mol. The highest BCUT2D eigenvalue weighted by molar-refractivity contribution is 5.91. The largest absolute Gasteiger partial charge is 0.450 e. The third-order valence-electron chi connectivity index (χ3n) is 4.82. The van der Waals surface area contributed by atoms with E-state index < -0.39 is 0 Å². The molecule has 0 saturated heterocycles. The normalized spacial score (nSPS) is 12.0. The van der Waals surface area contributed by atoms with Gasteiger partial charge in [-0.15, -0.1) is 0 Å². The summed E-state index contributed by atoms with van der Waals surface area (Å²) in [6, 6.07) is 18.6. The molecule has 0 saturated carbocycles. The van der Waals surface area contributed by atoms with Crippen LogP contribution in [0.4, 0.5) is 4.39 Å². The molecular formula is C24H28FN2O3+. The van der Waals surface area contributed by atoms with Crippen molar-refractivity contribution in [2.24, 2.45) is 0 Å². The van der Waals surface area contributed by atoms with Crippen molar-refractivity contribution >= 4 is 5.91 Å². The number of quaternary nitrogens is 1. The first kappa shape index (κ1) is 21.7. The molecule has 6 heteroatoms. The van der Waals surface area contributed by atoms with Crippen LogP contribution in [0, 0.1) is 12.7 Å². The zero-order chi connectivity index (χ0) is 21.3. The molecule has 1 atom stereocenters. The van der Waals surface area contributed by atoms with Crippen LogP contribution in [0.15, 0.2) is 65.1 Å². The molecule has 0 fully saturated rings. The van der Waals surface area contributed by atoms with Crippen LogP contribution in [-0.2, 0) is 24.4 Å². The first-order valence-corrected chi connectivity index (χ1v) is 10.0. The van der Waals surface area contributed by atoms with E-state index in [4.69, 9.17) is 9.15 Å². The molecule has 3 aromatic rings. The van der Waals surface area contributed by atoms with E-state index in [1.807, 2.05) is 12.1 Å². The molecule has 0 bridgehead atoms. The van der Waals surface area contributed by atoms with E-state index in [1.165, 1.54) is 22.1 Å². The summed E-state index contributed by atoms with van der Waals surface area (Å²) in [6.45, 7) is 4.91. The quantitative estimate of drug-likeness (QED) is 0.505. The molecule has 158 valence electrons. The minimum atomic E-state index is -0.261. The Bertz CT molecular complexity index is 953. The summed E-state index contributed by atoms with van der Waals surface area (Å²) in [6.07, 6.45) is 0. The Morgan fingerprint density at radius 2 is 1.80 bits per heavy atom. The third-order valence-corrected chi connectivity index (χ3v) is 4.82. The Kier molecular flexibility index (Phi) is 7.76. The van der Waals surface area contributed by atoms with E-state index >= 15 is 0 Å². The summed E-state index contributed by atoms with van der Waals surface area (Å²) in [5, 5.41) is 2.75. The van der Waals surface area contributed by atoms with Crippen LogP contribution in [0.25, 0.3) is 0 Å². The molecule has 0 aliphatic heterocycles. The number of furan rings is 1. The first-order chi connectivity index (χ1) is 14.5. The number of amides is 1. The number of carbonyl (C=O) groups excluding carboxylic acids is 1. The van der Waals surface area contributed by atoms with Crippen LogP contribution in [0.2, 0.25) is 0 Å². The summed E-state index contributed by atoms with van der Waals surface area (Å²) in [7, 11) is 1.58. The van der Waals surface area contributed by atoms with Crippen LogP contribution in [0.5, 0.6) is 0 Å². The molecule has 1 heterocycles. The SMILES string of the molecule is COCCNC(=O)c1ccc(C[NH+](Cc2ccc(C)cc2)Cc2cccc(F)c2)o1. The van der Waals surface area contributed by atoms with Gasteiger partial charge in [-0.05, 0) is 31.2 Å². The maximum Gasteiger partial charge on any atom is 0.287 e. The molecule has 1 unspecified atom stereocenters. The molecule has 0 radical (unpaired) electrons. The summed E-state index contributed by atoms with van der Waals surface area (Å²) < 4.78 is 24.4. The number of hydrogen-bond acceptors (Lipinski definition) is 3. The average Bonchev–Trinajstić information content (AvgIpc) is 3.18. The highest BCUT2D eigenvalue weighted by Crippen LogP contribution is 2.09. The molecule has 0 aliphatic rings. The number of carbonyl (C=O) groups is 1. The van der Waals surface area contributed by atoms with Gasteiger partial charge in [0.2, 0.25) is 0 Å². The van der Waals surface area contributed by atoms with Crippen molar-refractivity contribution in [1.82, 2.24) is 5.32 Å². The predicted molar refractivity (Wildman–Crippen MR) is 113 cm³/mol. The summed E-state index contributed by atoms with van der Waals surface area (Å²) in [5.41, 5.74) is 3.32. The third kappa shape index (κ3) is 6.54. The second-order valence-electron chi connectivity index (χ2n) is 7.41. The van der Waals surface area contributed by atoms with E-state index in [0.29, 0.717) is 32.0 Å². The Balaban J connectivity index is 1.71. The van der Waals surface area contributed by atoms with Crippen molar-refractivity contribution < 1.29 is 23.2 Å². The zero-order valence-corrected chi connectivity index (χ0v) is 17.4. The molecule has 3 rings (SSSR count). The number of methoxy groups -OCH3 is 1. The van der Waals surface area contributed by atoms with E-state index in [1.54, 1.807) is 25.3 Å². The van der Waals surface area contributed by atoms with Crippen LogP contribution < -0.4 is 10.2 Å². The fraction of sp³-hybridized carbons (Fsp3) is 0.292. The molecule has 1 amide bonds. The lowest BCUT2D eigenvalue weighted by atomic mass is 10.1. The van der Waals surface area contributed by atoms with E-state index in [2.05, 4.69) is 36.5 Å². The number of rotatable bonds is 10. The van der Waals surface area contributed by atoms with Gasteiger partial charge in [-0.3, -0.25) is 4.79 Å². The van der Waals surface area contributed by atoms with Gasteiger partial charge >= 0.3 is 0 Å². The Labute approximate surface area is 176 Å². The van der Waals surface area contributed by atoms with Gasteiger partial charge in [0, 0.05) is 24.8 Å². The molecule has 2 aromatic carbocycles. The zero-order valence-electron chi connectivity index (χ0n) is 17.4. The van der Waals surface area contributed by atoms with Crippen molar-refractivity contribution in [2.45, 2.75) is 26.6 Å². The number of nitrogens with one attached hydrogen (secondary N) is 2. The van der Waals surface area contributed by atoms with Crippen LogP contribution in [0.3, 0.4) is 0 Å². The maximum atomic E-state index is 13.7. The minimum absolute atomic E-state index is 0.241. The fourth-order valence-corrected chi connectivity index (χ4v) is 3.31. The monoisotopic (exact) mass is 411 g/mol. The van der Waals surface area contributed by atoms with Gasteiger partial charge in [-0.25, -0.2) is 4.39 Å². The summed E-state index contributed by atoms with van der Waals surface area (Å²) >= 11 is 0. The van der Waals surface area contributed by atoms with Gasteiger partial charge < -0.3 is 19.4 Å². The van der Waals surface area contributed by atoms with Crippen LogP contribution in [-0.4, -0.2) is 26.2 Å². The Morgan fingerprint density at radius 1 is 1.03 bits per heavy atom. The number of ether oxygens (including phenoxy) is 1. The van der Waals surface area contributed by atoms with Gasteiger partial charge in [-0.2, -0.15) is 0 Å². The standard InChI is InChI=1S/C24H27FN2O3/c1-18-6-8-19(9-7-18)15-27(16-20-4-3-5-21(25)14-20)17-22-10-11-23(30-22)24(28)26-12-13-29-2/h3-11,14H,12-13,15-17H2,1-2H3,(H,26,28)/p+1. The summed E-state index contributed by atoms with van der Waals surface area (Å²) in [5.74, 6) is 0.491. The Hall–Kier alpha value is -2.96. The van der Waals surface area contributed by atoms with Gasteiger partial charge in [0.25, 0.3) is 5.91 Å². The number of aryl methyl sites for hydroxylation is 1. The van der Waals surface area contributed by atoms with Crippen LogP contribution >= 0.6 is 0 Å². The van der Waals surface area contributed by atoms with Crippen molar-refractivity contribution in [1.29, 1.82) is 0 Å². The fourth-order valence-electron chi connectivity index (χ4n) is 3.31. The number of halogens is 1. The molecule has 1 aromatic heterocycles. The maximum absolute atomic E-state index is 13.7. The van der Waals surface area contributed by atoms with Gasteiger partial charge in [0.15, 0.2) is 11.5 Å².